The van der Waals surface area contributed by atoms with E-state index in [-0.39, 0.29) is 0 Å². The molecule has 1 N–H and O–H groups in total. The number of anilines is 2. The van der Waals surface area contributed by atoms with Gasteiger partial charge in [0.2, 0.25) is 0 Å². The number of fused-ring (bicyclic) bond motifs is 3. The second-order valence-electron chi connectivity index (χ2n) is 12.5. The van der Waals surface area contributed by atoms with Crippen LogP contribution in [0.1, 0.15) is 33.7 Å². The number of nitrogens with one attached hydrogen (secondary N) is 1. The van der Waals surface area contributed by atoms with Gasteiger partial charge in [-0.1, -0.05) is 194 Å². The molecule has 1 nitrogen and oxygen atoms in total. The highest BCUT2D eigenvalue weighted by atomic mass is 14.9. The second kappa shape index (κ2) is 13.5. The fraction of sp³-hybridized carbons (Fsp3) is 0.0417. The van der Waals surface area contributed by atoms with E-state index < -0.39 is 5.41 Å². The molecule has 0 fully saturated rings. The molecule has 0 bridgehead atoms. The predicted molar refractivity (Wildman–Crippen MR) is 206 cm³/mol. The van der Waals surface area contributed by atoms with E-state index in [1.807, 2.05) is 6.07 Å². The van der Waals surface area contributed by atoms with Gasteiger partial charge in [-0.3, -0.25) is 0 Å². The fourth-order valence-corrected chi connectivity index (χ4v) is 7.47. The van der Waals surface area contributed by atoms with Crippen molar-refractivity contribution < 1.29 is 0 Å². The Labute approximate surface area is 289 Å². The Kier molecular flexibility index (Phi) is 8.32. The molecule has 9 rings (SSSR count). The van der Waals surface area contributed by atoms with Crippen LogP contribution in [0, 0.1) is 0 Å². The van der Waals surface area contributed by atoms with Gasteiger partial charge in [-0.15, -0.1) is 0 Å². The van der Waals surface area contributed by atoms with Crippen molar-refractivity contribution in [3.8, 4) is 22.3 Å². The predicted octanol–water partition coefficient (Wildman–Crippen LogP) is 12.4. The summed E-state index contributed by atoms with van der Waals surface area (Å²) >= 11 is 0. The summed E-state index contributed by atoms with van der Waals surface area (Å²) in [6, 6.07) is 67.2. The zero-order valence-electron chi connectivity index (χ0n) is 27.3. The summed E-state index contributed by atoms with van der Waals surface area (Å²) in [6.07, 6.45) is 8.60. The van der Waals surface area contributed by atoms with Crippen molar-refractivity contribution in [1.82, 2.24) is 0 Å². The van der Waals surface area contributed by atoms with Gasteiger partial charge in [0.1, 0.15) is 0 Å². The Morgan fingerprint density at radius 1 is 0.408 bits per heavy atom. The molecule has 0 saturated heterocycles. The maximum Gasteiger partial charge on any atom is 0.0714 e. The Bertz CT molecular complexity index is 2180. The van der Waals surface area contributed by atoms with Crippen LogP contribution in [0.15, 0.2) is 212 Å². The Hall–Kier alpha value is -6.18. The molecule has 0 aliphatic heterocycles. The minimum absolute atomic E-state index is 0.398. The quantitative estimate of drug-likeness (QED) is 0.193. The molecular weight excluding hydrogens is 591 g/mol. The van der Waals surface area contributed by atoms with Gasteiger partial charge in [0.05, 0.1) is 5.41 Å². The molecule has 0 aromatic heterocycles. The number of rotatable bonds is 6. The Balaban J connectivity index is 0.000000269. The SMILES string of the molecule is C1=CC(c2ccccc2)C=C1.c1ccc(-c2ccccc2Nc2ccc3c(c2)C(c2ccccc2)(c2ccccc2)c2ccccc2-3)cc1. The fourth-order valence-electron chi connectivity index (χ4n) is 7.47. The van der Waals surface area contributed by atoms with Crippen LogP contribution in [0.3, 0.4) is 0 Å². The van der Waals surface area contributed by atoms with E-state index in [4.69, 9.17) is 0 Å². The van der Waals surface area contributed by atoms with Gasteiger partial charge in [0.15, 0.2) is 0 Å². The van der Waals surface area contributed by atoms with Crippen LogP contribution in [0.5, 0.6) is 0 Å². The zero-order chi connectivity index (χ0) is 32.9. The van der Waals surface area contributed by atoms with Gasteiger partial charge in [0.25, 0.3) is 0 Å². The van der Waals surface area contributed by atoms with Crippen LogP contribution in [0.4, 0.5) is 11.4 Å². The third-order valence-corrected chi connectivity index (χ3v) is 9.68. The first kappa shape index (κ1) is 30.2. The van der Waals surface area contributed by atoms with Crippen LogP contribution < -0.4 is 5.32 Å². The van der Waals surface area contributed by atoms with E-state index in [0.29, 0.717) is 5.92 Å². The van der Waals surface area contributed by atoms with Gasteiger partial charge in [0, 0.05) is 22.9 Å². The number of benzene rings is 7. The molecule has 0 saturated carbocycles. The Morgan fingerprint density at radius 3 is 1.57 bits per heavy atom. The van der Waals surface area contributed by atoms with Crippen LogP contribution in [-0.4, -0.2) is 0 Å². The highest BCUT2D eigenvalue weighted by Crippen LogP contribution is 2.56. The molecule has 0 amide bonds. The van der Waals surface area contributed by atoms with E-state index in [1.54, 1.807) is 0 Å². The minimum atomic E-state index is -0.398. The number of allylic oxidation sites excluding steroid dienone is 4. The molecule has 1 heteroatoms. The zero-order valence-corrected chi connectivity index (χ0v) is 27.3. The third kappa shape index (κ3) is 5.70. The molecule has 0 radical (unpaired) electrons. The summed E-state index contributed by atoms with van der Waals surface area (Å²) in [5, 5.41) is 3.77. The van der Waals surface area contributed by atoms with Crippen LogP contribution in [0.25, 0.3) is 22.3 Å². The molecule has 2 aliphatic carbocycles. The van der Waals surface area contributed by atoms with Crippen LogP contribution in [0.2, 0.25) is 0 Å². The molecule has 0 spiro atoms. The first-order chi connectivity index (χ1) is 24.3. The van der Waals surface area contributed by atoms with Crippen LogP contribution >= 0.6 is 0 Å². The maximum absolute atomic E-state index is 3.77. The molecule has 2 aliphatic rings. The molecule has 0 unspecified atom stereocenters. The lowest BCUT2D eigenvalue weighted by Crippen LogP contribution is -2.28. The highest BCUT2D eigenvalue weighted by molar-refractivity contribution is 5.89. The Morgan fingerprint density at radius 2 is 0.918 bits per heavy atom. The lowest BCUT2D eigenvalue weighted by molar-refractivity contribution is 0.769. The second-order valence-corrected chi connectivity index (χ2v) is 12.5. The number of para-hydroxylation sites is 1. The summed E-state index contributed by atoms with van der Waals surface area (Å²) in [4.78, 5) is 0. The lowest BCUT2D eigenvalue weighted by atomic mass is 9.67. The summed E-state index contributed by atoms with van der Waals surface area (Å²) in [5.74, 6) is 0.510. The van der Waals surface area contributed by atoms with Gasteiger partial charge in [-0.25, -0.2) is 0 Å². The normalized spacial score (nSPS) is 13.6. The largest absolute Gasteiger partial charge is 0.355 e. The average Bonchev–Trinajstić information content (AvgIpc) is 3.83. The average molecular weight is 628 g/mol. The topological polar surface area (TPSA) is 12.0 Å². The van der Waals surface area contributed by atoms with Gasteiger partial charge >= 0.3 is 0 Å². The smallest absolute Gasteiger partial charge is 0.0714 e. The van der Waals surface area contributed by atoms with Crippen molar-refractivity contribution >= 4 is 11.4 Å². The monoisotopic (exact) mass is 627 g/mol. The van der Waals surface area contributed by atoms with Gasteiger partial charge in [-0.2, -0.15) is 0 Å². The van der Waals surface area contributed by atoms with Crippen molar-refractivity contribution in [2.75, 3.05) is 5.32 Å². The number of hydrogen-bond donors (Lipinski definition) is 1. The molecule has 234 valence electrons. The molecule has 49 heavy (non-hydrogen) atoms. The summed E-state index contributed by atoms with van der Waals surface area (Å²) in [6.45, 7) is 0. The summed E-state index contributed by atoms with van der Waals surface area (Å²) < 4.78 is 0. The molecule has 0 heterocycles. The molecular formula is C48H37N. The summed E-state index contributed by atoms with van der Waals surface area (Å²) in [7, 11) is 0. The van der Waals surface area contributed by atoms with E-state index in [2.05, 4.69) is 212 Å². The van der Waals surface area contributed by atoms with Crippen molar-refractivity contribution in [3.63, 3.8) is 0 Å². The molecule has 0 atom stereocenters. The molecule has 7 aromatic carbocycles. The van der Waals surface area contributed by atoms with E-state index in [1.165, 1.54) is 50.1 Å². The lowest BCUT2D eigenvalue weighted by Gasteiger charge is -2.34. The number of hydrogen-bond acceptors (Lipinski definition) is 1. The molecule has 7 aromatic rings. The van der Waals surface area contributed by atoms with Crippen molar-refractivity contribution in [2.24, 2.45) is 0 Å². The first-order valence-electron chi connectivity index (χ1n) is 17.0. The van der Waals surface area contributed by atoms with Crippen LogP contribution in [-0.2, 0) is 5.41 Å². The maximum atomic E-state index is 3.77. The first-order valence-corrected chi connectivity index (χ1v) is 17.0. The standard InChI is InChI=1S/C37H27N.C11H10/c1-4-14-27(15-5-1)31-20-11-13-23-36(31)38-30-24-25-33-32-21-10-12-22-34(32)37(35(33)26-30,28-16-6-2-7-17-28)29-18-8-3-9-19-29;1-2-6-10(7-3-1)11-8-4-5-9-11/h1-26,38H;1-9,11H. The van der Waals surface area contributed by atoms with E-state index in [0.717, 1.165) is 11.4 Å². The van der Waals surface area contributed by atoms with Crippen molar-refractivity contribution in [1.29, 1.82) is 0 Å². The third-order valence-electron chi connectivity index (χ3n) is 9.68. The minimum Gasteiger partial charge on any atom is -0.355 e. The van der Waals surface area contributed by atoms with Gasteiger partial charge < -0.3 is 5.32 Å². The van der Waals surface area contributed by atoms with E-state index in [9.17, 15) is 0 Å². The van der Waals surface area contributed by atoms with Crippen molar-refractivity contribution in [2.45, 2.75) is 11.3 Å². The van der Waals surface area contributed by atoms with Gasteiger partial charge in [-0.05, 0) is 62.7 Å². The highest BCUT2D eigenvalue weighted by Gasteiger charge is 2.46. The van der Waals surface area contributed by atoms with Crippen molar-refractivity contribution in [3.05, 3.63) is 240 Å². The van der Waals surface area contributed by atoms with E-state index >= 15 is 0 Å². The summed E-state index contributed by atoms with van der Waals surface area (Å²) in [5.41, 5.74) is 13.3.